The van der Waals surface area contributed by atoms with Crippen molar-refractivity contribution in [3.05, 3.63) is 60.9 Å². The highest BCUT2D eigenvalue weighted by Gasteiger charge is 2.17. The molecule has 0 bridgehead atoms. The fraction of sp³-hybridized carbons (Fsp3) is 0.100. The maximum Gasteiger partial charge on any atom is 0.0714 e. The number of hydrogen-bond acceptors (Lipinski definition) is 5. The van der Waals surface area contributed by atoms with Gasteiger partial charge in [0.05, 0.1) is 11.0 Å². The third-order valence-corrected chi connectivity index (χ3v) is 8.03. The highest BCUT2D eigenvalue weighted by atomic mass is 32.2. The summed E-state index contributed by atoms with van der Waals surface area (Å²) in [6.07, 6.45) is 4.04. The summed E-state index contributed by atoms with van der Waals surface area (Å²) < 4.78 is 0. The van der Waals surface area contributed by atoms with E-state index < -0.39 is 0 Å². The molecule has 0 N–H and O–H groups in total. The van der Waals surface area contributed by atoms with Crippen molar-refractivity contribution in [3.8, 4) is 0 Å². The first-order valence-electron chi connectivity index (χ1n) is 8.09. The summed E-state index contributed by atoms with van der Waals surface area (Å²) in [5, 5.41) is 2.50. The molecule has 5 rings (SSSR count). The Kier molecular flexibility index (Phi) is 4.08. The summed E-state index contributed by atoms with van der Waals surface area (Å²) in [5.41, 5.74) is 2.14. The van der Waals surface area contributed by atoms with E-state index in [0.717, 1.165) is 22.5 Å². The number of thioether (sulfide) groups is 2. The monoisotopic (exact) mass is 378 g/mol. The van der Waals surface area contributed by atoms with Crippen LogP contribution >= 0.6 is 35.3 Å². The standard InChI is InChI=1S/C20H14N2S3/c1-3-7-15-13(5-1)19-17(11-21-15)25-18-12-22-16-8-4-2-6-14(16)20(18)24-10-9-23-19/h1-8,11-12H,9-10H2. The molecule has 0 radical (unpaired) electrons. The van der Waals surface area contributed by atoms with Crippen molar-refractivity contribution in [1.82, 2.24) is 9.97 Å². The van der Waals surface area contributed by atoms with E-state index >= 15 is 0 Å². The van der Waals surface area contributed by atoms with Crippen LogP contribution in [-0.4, -0.2) is 21.5 Å². The van der Waals surface area contributed by atoms with Gasteiger partial charge in [-0.2, -0.15) is 0 Å². The number of fused-ring (bicyclic) bond motifs is 6. The van der Waals surface area contributed by atoms with E-state index in [1.807, 2.05) is 35.9 Å². The van der Waals surface area contributed by atoms with Crippen LogP contribution in [0.15, 0.2) is 80.5 Å². The molecule has 3 heterocycles. The Morgan fingerprint density at radius 1 is 0.640 bits per heavy atom. The second-order valence-electron chi connectivity index (χ2n) is 5.74. The Balaban J connectivity index is 1.72. The molecule has 25 heavy (non-hydrogen) atoms. The average Bonchev–Trinajstić information content (AvgIpc) is 2.76. The lowest BCUT2D eigenvalue weighted by atomic mass is 10.2. The van der Waals surface area contributed by atoms with Crippen molar-refractivity contribution in [2.75, 3.05) is 11.5 Å². The van der Waals surface area contributed by atoms with Crippen LogP contribution in [0.5, 0.6) is 0 Å². The van der Waals surface area contributed by atoms with E-state index in [2.05, 4.69) is 58.5 Å². The SMILES string of the molecule is c1ccc2c3c(cnc2c1)Sc1cnc2ccccc2c1SCCS3. The second-order valence-corrected chi connectivity index (χ2v) is 9.03. The first kappa shape index (κ1) is 15.6. The Bertz CT molecular complexity index is 1010. The van der Waals surface area contributed by atoms with Gasteiger partial charge in [0, 0.05) is 54.3 Å². The molecule has 5 heteroatoms. The number of pyridine rings is 2. The lowest BCUT2D eigenvalue weighted by Crippen LogP contribution is -1.88. The molecule has 122 valence electrons. The molecule has 1 aliphatic heterocycles. The highest BCUT2D eigenvalue weighted by molar-refractivity contribution is 8.05. The molecule has 1 aliphatic rings. The molecule has 2 nitrogen and oxygen atoms in total. The molecule has 0 spiro atoms. The summed E-state index contributed by atoms with van der Waals surface area (Å²) in [6.45, 7) is 0. The molecule has 0 atom stereocenters. The van der Waals surface area contributed by atoms with Crippen LogP contribution < -0.4 is 0 Å². The largest absolute Gasteiger partial charge is 0.255 e. The zero-order valence-electron chi connectivity index (χ0n) is 13.3. The van der Waals surface area contributed by atoms with E-state index in [4.69, 9.17) is 0 Å². The third-order valence-electron chi connectivity index (χ3n) is 4.18. The summed E-state index contributed by atoms with van der Waals surface area (Å²) in [7, 11) is 0. The maximum absolute atomic E-state index is 4.67. The lowest BCUT2D eigenvalue weighted by molar-refractivity contribution is 1.16. The minimum Gasteiger partial charge on any atom is -0.255 e. The second kappa shape index (κ2) is 6.56. The molecule has 0 amide bonds. The number of aromatic nitrogens is 2. The fourth-order valence-corrected chi connectivity index (χ4v) is 6.62. The molecule has 2 aromatic carbocycles. The third kappa shape index (κ3) is 2.80. The van der Waals surface area contributed by atoms with Crippen molar-refractivity contribution < 1.29 is 0 Å². The van der Waals surface area contributed by atoms with Crippen molar-refractivity contribution >= 4 is 57.1 Å². The van der Waals surface area contributed by atoms with Crippen LogP contribution in [0.2, 0.25) is 0 Å². The number of para-hydroxylation sites is 2. The Hall–Kier alpha value is -1.69. The Morgan fingerprint density at radius 3 is 1.64 bits per heavy atom. The predicted molar refractivity (Wildman–Crippen MR) is 109 cm³/mol. The van der Waals surface area contributed by atoms with Gasteiger partial charge >= 0.3 is 0 Å². The number of rotatable bonds is 0. The zero-order chi connectivity index (χ0) is 16.6. The average molecular weight is 379 g/mol. The van der Waals surface area contributed by atoms with Crippen molar-refractivity contribution in [2.24, 2.45) is 0 Å². The first-order chi connectivity index (χ1) is 12.4. The first-order valence-corrected chi connectivity index (χ1v) is 10.9. The topological polar surface area (TPSA) is 25.8 Å². The predicted octanol–water partition coefficient (Wildman–Crippen LogP) is 6.13. The van der Waals surface area contributed by atoms with Crippen LogP contribution in [0.4, 0.5) is 0 Å². The Morgan fingerprint density at radius 2 is 1.12 bits per heavy atom. The molecular weight excluding hydrogens is 364 g/mol. The summed E-state index contributed by atoms with van der Waals surface area (Å²) >= 11 is 5.67. The molecule has 0 saturated carbocycles. The fourth-order valence-electron chi connectivity index (χ4n) is 3.04. The van der Waals surface area contributed by atoms with Crippen LogP contribution in [0.3, 0.4) is 0 Å². The van der Waals surface area contributed by atoms with E-state index in [1.165, 1.54) is 30.4 Å². The van der Waals surface area contributed by atoms with Crippen LogP contribution in [0.25, 0.3) is 21.8 Å². The molecule has 2 aromatic heterocycles. The van der Waals surface area contributed by atoms with E-state index in [0.29, 0.717) is 0 Å². The van der Waals surface area contributed by atoms with Gasteiger partial charge in [-0.3, -0.25) is 9.97 Å². The van der Waals surface area contributed by atoms with Gasteiger partial charge in [0.15, 0.2) is 0 Å². The summed E-state index contributed by atoms with van der Waals surface area (Å²) in [6, 6.07) is 16.8. The quantitative estimate of drug-likeness (QED) is 0.366. The highest BCUT2D eigenvalue weighted by Crippen LogP contribution is 2.45. The minimum absolute atomic E-state index is 1.07. The van der Waals surface area contributed by atoms with Gasteiger partial charge in [-0.05, 0) is 12.1 Å². The van der Waals surface area contributed by atoms with Gasteiger partial charge in [0.1, 0.15) is 0 Å². The minimum atomic E-state index is 1.07. The van der Waals surface area contributed by atoms with Gasteiger partial charge in [0.2, 0.25) is 0 Å². The van der Waals surface area contributed by atoms with Gasteiger partial charge in [-0.25, -0.2) is 0 Å². The number of nitrogens with zero attached hydrogens (tertiary/aromatic N) is 2. The molecule has 0 saturated heterocycles. The van der Waals surface area contributed by atoms with Crippen molar-refractivity contribution in [1.29, 1.82) is 0 Å². The molecular formula is C20H14N2S3. The lowest BCUT2D eigenvalue weighted by Gasteiger charge is -2.12. The molecule has 4 aromatic rings. The van der Waals surface area contributed by atoms with Crippen molar-refractivity contribution in [2.45, 2.75) is 19.6 Å². The smallest absolute Gasteiger partial charge is 0.0714 e. The van der Waals surface area contributed by atoms with Crippen LogP contribution in [0.1, 0.15) is 0 Å². The molecule has 0 unspecified atom stereocenters. The summed E-state index contributed by atoms with van der Waals surface area (Å²) in [5.74, 6) is 2.17. The van der Waals surface area contributed by atoms with Crippen LogP contribution in [0, 0.1) is 0 Å². The van der Waals surface area contributed by atoms with E-state index in [-0.39, 0.29) is 0 Å². The van der Waals surface area contributed by atoms with E-state index in [9.17, 15) is 0 Å². The molecule has 0 aliphatic carbocycles. The zero-order valence-corrected chi connectivity index (χ0v) is 15.8. The number of hydrogen-bond donors (Lipinski definition) is 0. The van der Waals surface area contributed by atoms with Gasteiger partial charge in [-0.15, -0.1) is 23.5 Å². The van der Waals surface area contributed by atoms with Crippen molar-refractivity contribution in [3.63, 3.8) is 0 Å². The van der Waals surface area contributed by atoms with Gasteiger partial charge < -0.3 is 0 Å². The molecule has 0 fully saturated rings. The normalized spacial score (nSPS) is 14.4. The Labute approximate surface area is 158 Å². The summed E-state index contributed by atoms with van der Waals surface area (Å²) in [4.78, 5) is 14.5. The maximum atomic E-state index is 4.67. The van der Waals surface area contributed by atoms with Crippen LogP contribution in [-0.2, 0) is 0 Å². The van der Waals surface area contributed by atoms with Gasteiger partial charge in [0.25, 0.3) is 0 Å². The van der Waals surface area contributed by atoms with E-state index in [1.54, 1.807) is 11.8 Å². The van der Waals surface area contributed by atoms with Gasteiger partial charge in [-0.1, -0.05) is 48.2 Å². The number of benzene rings is 2.